The number of aliphatic hydroxyl groups excluding tert-OH is 1. The standard InChI is InChI=1S/C22H19FN2O2/c1-14-11-24-21(25-12-14)17-9-7-16(8-10-17)20-19(15-5-3-2-4-6-15)22(20,23)18(27)13-26/h2-12,19-20,26H,13H2,1H3/t19-,20-,22+/m1/s1. The van der Waals surface area contributed by atoms with Crippen LogP contribution in [0.3, 0.4) is 0 Å². The van der Waals surface area contributed by atoms with Crippen molar-refractivity contribution in [3.8, 4) is 11.4 Å². The molecule has 1 N–H and O–H groups in total. The lowest BCUT2D eigenvalue weighted by molar-refractivity contribution is -0.128. The molecule has 1 heterocycles. The molecule has 1 saturated carbocycles. The van der Waals surface area contributed by atoms with Gasteiger partial charge in [-0.1, -0.05) is 54.6 Å². The Hall–Kier alpha value is -2.92. The summed E-state index contributed by atoms with van der Waals surface area (Å²) in [6.45, 7) is 1.12. The molecule has 2 aromatic carbocycles. The second-order valence-electron chi connectivity index (χ2n) is 6.92. The first-order chi connectivity index (χ1) is 13.1. The smallest absolute Gasteiger partial charge is 0.196 e. The number of hydrogen-bond donors (Lipinski definition) is 1. The Morgan fingerprint density at radius 1 is 1.00 bits per heavy atom. The van der Waals surface area contributed by atoms with E-state index in [1.165, 1.54) is 0 Å². The van der Waals surface area contributed by atoms with E-state index in [4.69, 9.17) is 0 Å². The molecule has 4 nitrogen and oxygen atoms in total. The number of Topliss-reactive ketones (excluding diaryl/α,β-unsaturated/α-hetero) is 1. The van der Waals surface area contributed by atoms with Crippen LogP contribution in [0.5, 0.6) is 0 Å². The van der Waals surface area contributed by atoms with Gasteiger partial charge in [-0.3, -0.25) is 4.79 Å². The van der Waals surface area contributed by atoms with Crippen molar-refractivity contribution in [3.05, 3.63) is 83.7 Å². The minimum atomic E-state index is -2.07. The molecule has 1 aliphatic carbocycles. The topological polar surface area (TPSA) is 63.1 Å². The molecule has 1 fully saturated rings. The van der Waals surface area contributed by atoms with Crippen molar-refractivity contribution in [2.75, 3.05) is 6.61 Å². The van der Waals surface area contributed by atoms with Crippen LogP contribution in [0.25, 0.3) is 11.4 Å². The molecule has 0 bridgehead atoms. The van der Waals surface area contributed by atoms with Gasteiger partial charge in [-0.15, -0.1) is 0 Å². The number of aryl methyl sites for hydroxylation is 1. The Morgan fingerprint density at radius 2 is 1.56 bits per heavy atom. The molecular formula is C22H19FN2O2. The Bertz CT molecular complexity index is 958. The number of carbonyl (C=O) groups is 1. The number of hydrogen-bond acceptors (Lipinski definition) is 4. The minimum absolute atomic E-state index is 0.583. The first kappa shape index (κ1) is 17.5. The molecule has 1 aliphatic rings. The third kappa shape index (κ3) is 2.94. The predicted molar refractivity (Wildman–Crippen MR) is 100 cm³/mol. The molecule has 0 spiro atoms. The highest BCUT2D eigenvalue weighted by atomic mass is 19.1. The number of rotatable bonds is 5. The van der Waals surface area contributed by atoms with Crippen LogP contribution in [0.4, 0.5) is 4.39 Å². The zero-order valence-electron chi connectivity index (χ0n) is 14.8. The van der Waals surface area contributed by atoms with Gasteiger partial charge in [-0.2, -0.15) is 0 Å². The van der Waals surface area contributed by atoms with Crippen molar-refractivity contribution < 1.29 is 14.3 Å². The lowest BCUT2D eigenvalue weighted by atomic mass is 10.0. The summed E-state index contributed by atoms with van der Waals surface area (Å²) in [5.41, 5.74) is 1.22. The van der Waals surface area contributed by atoms with Gasteiger partial charge >= 0.3 is 0 Å². The number of halogens is 1. The van der Waals surface area contributed by atoms with Crippen molar-refractivity contribution in [1.82, 2.24) is 9.97 Å². The fraction of sp³-hybridized carbons (Fsp3) is 0.227. The molecule has 136 valence electrons. The Labute approximate surface area is 156 Å². The average Bonchev–Trinajstić information content (AvgIpc) is 3.35. The summed E-state index contributed by atoms with van der Waals surface area (Å²) in [6, 6.07) is 16.4. The molecule has 3 atom stereocenters. The van der Waals surface area contributed by atoms with E-state index in [1.807, 2.05) is 61.5 Å². The molecule has 0 aliphatic heterocycles. The zero-order valence-corrected chi connectivity index (χ0v) is 14.8. The highest BCUT2D eigenvalue weighted by Gasteiger charge is 2.71. The number of benzene rings is 2. The van der Waals surface area contributed by atoms with Gasteiger partial charge in [0.2, 0.25) is 0 Å². The molecule has 1 aromatic heterocycles. The maximum absolute atomic E-state index is 15.5. The van der Waals surface area contributed by atoms with Crippen LogP contribution in [0.1, 0.15) is 28.5 Å². The van der Waals surface area contributed by atoms with E-state index >= 15 is 4.39 Å². The van der Waals surface area contributed by atoms with E-state index in [-0.39, 0.29) is 0 Å². The van der Waals surface area contributed by atoms with Gasteiger partial charge in [0.05, 0.1) is 0 Å². The fourth-order valence-electron chi connectivity index (χ4n) is 3.74. The minimum Gasteiger partial charge on any atom is -0.388 e. The second kappa shape index (κ2) is 6.67. The number of carbonyl (C=O) groups excluding carboxylic acids is 1. The molecule has 0 radical (unpaired) electrons. The maximum Gasteiger partial charge on any atom is 0.196 e. The second-order valence-corrected chi connectivity index (χ2v) is 6.92. The van der Waals surface area contributed by atoms with E-state index in [1.54, 1.807) is 12.4 Å². The first-order valence-electron chi connectivity index (χ1n) is 8.82. The Balaban J connectivity index is 1.67. The molecule has 3 aromatic rings. The predicted octanol–water partition coefficient (Wildman–Crippen LogP) is 3.60. The van der Waals surface area contributed by atoms with Crippen LogP contribution < -0.4 is 0 Å². The number of aliphatic hydroxyl groups is 1. The van der Waals surface area contributed by atoms with Crippen LogP contribution in [-0.4, -0.2) is 33.1 Å². The monoisotopic (exact) mass is 362 g/mol. The van der Waals surface area contributed by atoms with Gasteiger partial charge in [0.25, 0.3) is 0 Å². The molecule has 0 unspecified atom stereocenters. The summed E-state index contributed by atoms with van der Waals surface area (Å²) in [7, 11) is 0. The number of nitrogens with zero attached hydrogens (tertiary/aromatic N) is 2. The molecule has 4 rings (SSSR count). The lowest BCUT2D eigenvalue weighted by Gasteiger charge is -2.06. The summed E-state index contributed by atoms with van der Waals surface area (Å²) in [5.74, 6) is -1.36. The van der Waals surface area contributed by atoms with Crippen molar-refractivity contribution in [2.24, 2.45) is 0 Å². The SMILES string of the molecule is Cc1cnc(-c2ccc([C@@H]3[C@@H](c4ccccc4)[C@@]3(F)C(=O)CO)cc2)nc1. The highest BCUT2D eigenvalue weighted by Crippen LogP contribution is 2.66. The molecule has 0 amide bonds. The highest BCUT2D eigenvalue weighted by molar-refractivity contribution is 5.95. The third-order valence-electron chi connectivity index (χ3n) is 5.17. The van der Waals surface area contributed by atoms with E-state index < -0.39 is 29.9 Å². The van der Waals surface area contributed by atoms with Crippen LogP contribution in [0, 0.1) is 6.92 Å². The maximum atomic E-state index is 15.5. The van der Waals surface area contributed by atoms with Crippen LogP contribution in [-0.2, 0) is 4.79 Å². The lowest BCUT2D eigenvalue weighted by Crippen LogP contribution is -2.24. The van der Waals surface area contributed by atoms with Crippen molar-refractivity contribution in [3.63, 3.8) is 0 Å². The van der Waals surface area contributed by atoms with Crippen LogP contribution in [0.15, 0.2) is 67.0 Å². The molecule has 5 heteroatoms. The number of aromatic nitrogens is 2. The van der Waals surface area contributed by atoms with E-state index in [0.717, 1.165) is 22.3 Å². The first-order valence-corrected chi connectivity index (χ1v) is 8.82. The molecular weight excluding hydrogens is 343 g/mol. The van der Waals surface area contributed by atoms with Gasteiger partial charge in [-0.25, -0.2) is 14.4 Å². The van der Waals surface area contributed by atoms with Gasteiger partial charge in [-0.05, 0) is 23.6 Å². The summed E-state index contributed by atoms with van der Waals surface area (Å²) >= 11 is 0. The van der Waals surface area contributed by atoms with Gasteiger partial charge < -0.3 is 5.11 Å². The van der Waals surface area contributed by atoms with E-state index in [2.05, 4.69) is 9.97 Å². The van der Waals surface area contributed by atoms with Crippen LogP contribution >= 0.6 is 0 Å². The average molecular weight is 362 g/mol. The summed E-state index contributed by atoms with van der Waals surface area (Å²) < 4.78 is 15.5. The normalized spacial score (nSPS) is 23.8. The summed E-state index contributed by atoms with van der Waals surface area (Å²) in [6.07, 6.45) is 3.49. The summed E-state index contributed by atoms with van der Waals surface area (Å²) in [5, 5.41) is 9.25. The van der Waals surface area contributed by atoms with Gasteiger partial charge in [0.1, 0.15) is 6.61 Å². The van der Waals surface area contributed by atoms with E-state index in [0.29, 0.717) is 5.82 Å². The Kier molecular flexibility index (Phi) is 4.32. The van der Waals surface area contributed by atoms with Crippen molar-refractivity contribution >= 4 is 5.78 Å². The quantitative estimate of drug-likeness (QED) is 0.753. The van der Waals surface area contributed by atoms with Crippen LogP contribution in [0.2, 0.25) is 0 Å². The van der Waals surface area contributed by atoms with E-state index in [9.17, 15) is 9.90 Å². The summed E-state index contributed by atoms with van der Waals surface area (Å²) in [4.78, 5) is 20.7. The molecule has 0 saturated heterocycles. The van der Waals surface area contributed by atoms with Gasteiger partial charge in [0.15, 0.2) is 17.3 Å². The molecule has 27 heavy (non-hydrogen) atoms. The third-order valence-corrected chi connectivity index (χ3v) is 5.17. The largest absolute Gasteiger partial charge is 0.388 e. The zero-order chi connectivity index (χ0) is 19.0. The number of alkyl halides is 1. The number of ketones is 1. The van der Waals surface area contributed by atoms with Crippen molar-refractivity contribution in [2.45, 2.75) is 24.4 Å². The Morgan fingerprint density at radius 3 is 2.11 bits per heavy atom. The van der Waals surface area contributed by atoms with Gasteiger partial charge in [0, 0.05) is 29.8 Å². The van der Waals surface area contributed by atoms with Crippen molar-refractivity contribution in [1.29, 1.82) is 0 Å². The fourth-order valence-corrected chi connectivity index (χ4v) is 3.74.